The van der Waals surface area contributed by atoms with Crippen LogP contribution in [-0.4, -0.2) is 38.1 Å². The lowest BCUT2D eigenvalue weighted by Gasteiger charge is -2.12. The van der Waals surface area contributed by atoms with Gasteiger partial charge in [-0.1, -0.05) is 12.1 Å². The lowest BCUT2D eigenvalue weighted by Crippen LogP contribution is -2.30. The average molecular weight is 305 g/mol. The van der Waals surface area contributed by atoms with Crippen molar-refractivity contribution < 1.29 is 14.3 Å². The first-order valence-electron chi connectivity index (χ1n) is 7.65. The van der Waals surface area contributed by atoms with E-state index in [2.05, 4.69) is 10.6 Å². The first-order chi connectivity index (χ1) is 10.7. The first-order valence-corrected chi connectivity index (χ1v) is 7.65. The van der Waals surface area contributed by atoms with E-state index in [0.29, 0.717) is 36.7 Å². The number of carbonyl (C=O) groups is 2. The molecule has 6 nitrogen and oxygen atoms in total. The molecule has 1 aliphatic heterocycles. The standard InChI is InChI=1S/C16H23N3O3/c17-8-9-18-16(21)13-3-1-2-4-14(13)19-15(20)6-5-12-7-10-22-11-12/h1-4,12H,5-11,17H2,(H,18,21)(H,19,20). The van der Waals surface area contributed by atoms with Gasteiger partial charge in [0.25, 0.3) is 5.91 Å². The molecule has 0 spiro atoms. The van der Waals surface area contributed by atoms with E-state index in [1.54, 1.807) is 24.3 Å². The Morgan fingerprint density at radius 3 is 2.86 bits per heavy atom. The minimum absolute atomic E-state index is 0.0778. The van der Waals surface area contributed by atoms with Crippen molar-refractivity contribution in [3.8, 4) is 0 Å². The van der Waals surface area contributed by atoms with Gasteiger partial charge in [-0.05, 0) is 30.9 Å². The molecule has 1 unspecified atom stereocenters. The Morgan fingerprint density at radius 1 is 1.32 bits per heavy atom. The van der Waals surface area contributed by atoms with Crippen molar-refractivity contribution in [1.29, 1.82) is 0 Å². The van der Waals surface area contributed by atoms with Crippen LogP contribution < -0.4 is 16.4 Å². The fourth-order valence-corrected chi connectivity index (χ4v) is 2.43. The summed E-state index contributed by atoms with van der Waals surface area (Å²) in [5.74, 6) is 0.158. The second-order valence-electron chi connectivity index (χ2n) is 5.41. The second-order valence-corrected chi connectivity index (χ2v) is 5.41. The van der Waals surface area contributed by atoms with Crippen LogP contribution in [-0.2, 0) is 9.53 Å². The molecule has 1 atom stereocenters. The maximum atomic E-state index is 12.1. The molecule has 0 aromatic heterocycles. The number of ether oxygens (including phenoxy) is 1. The van der Waals surface area contributed by atoms with E-state index in [0.717, 1.165) is 26.1 Å². The van der Waals surface area contributed by atoms with Gasteiger partial charge in [0.1, 0.15) is 0 Å². The van der Waals surface area contributed by atoms with E-state index >= 15 is 0 Å². The number of rotatable bonds is 7. The minimum atomic E-state index is -0.231. The molecular formula is C16H23N3O3. The Morgan fingerprint density at radius 2 is 2.14 bits per heavy atom. The smallest absolute Gasteiger partial charge is 0.253 e. The van der Waals surface area contributed by atoms with Gasteiger partial charge in [0, 0.05) is 32.7 Å². The SMILES string of the molecule is NCCNC(=O)c1ccccc1NC(=O)CCC1CCOC1. The van der Waals surface area contributed by atoms with Crippen LogP contribution >= 0.6 is 0 Å². The number of anilines is 1. The average Bonchev–Trinajstić information content (AvgIpc) is 3.04. The van der Waals surface area contributed by atoms with Crippen LogP contribution in [0.5, 0.6) is 0 Å². The van der Waals surface area contributed by atoms with Gasteiger partial charge < -0.3 is 21.1 Å². The Hall–Kier alpha value is -1.92. The van der Waals surface area contributed by atoms with E-state index in [-0.39, 0.29) is 11.8 Å². The van der Waals surface area contributed by atoms with E-state index in [9.17, 15) is 9.59 Å². The molecule has 1 fully saturated rings. The number of benzene rings is 1. The van der Waals surface area contributed by atoms with E-state index < -0.39 is 0 Å². The highest BCUT2D eigenvalue weighted by atomic mass is 16.5. The molecule has 120 valence electrons. The highest BCUT2D eigenvalue weighted by Gasteiger charge is 2.18. The maximum Gasteiger partial charge on any atom is 0.253 e. The van der Waals surface area contributed by atoms with E-state index in [4.69, 9.17) is 10.5 Å². The van der Waals surface area contributed by atoms with E-state index in [1.807, 2.05) is 0 Å². The van der Waals surface area contributed by atoms with Crippen LogP contribution in [0.3, 0.4) is 0 Å². The van der Waals surface area contributed by atoms with Gasteiger partial charge in [-0.3, -0.25) is 9.59 Å². The minimum Gasteiger partial charge on any atom is -0.381 e. The van der Waals surface area contributed by atoms with Crippen molar-refractivity contribution in [2.45, 2.75) is 19.3 Å². The number of para-hydroxylation sites is 1. The van der Waals surface area contributed by atoms with Crippen LogP contribution in [0.1, 0.15) is 29.6 Å². The largest absolute Gasteiger partial charge is 0.381 e. The van der Waals surface area contributed by atoms with Gasteiger partial charge in [-0.25, -0.2) is 0 Å². The van der Waals surface area contributed by atoms with Crippen molar-refractivity contribution >= 4 is 17.5 Å². The number of nitrogens with two attached hydrogens (primary N) is 1. The molecule has 4 N–H and O–H groups in total. The molecule has 1 aromatic rings. The zero-order valence-corrected chi connectivity index (χ0v) is 12.6. The van der Waals surface area contributed by atoms with Gasteiger partial charge in [0.15, 0.2) is 0 Å². The van der Waals surface area contributed by atoms with E-state index in [1.165, 1.54) is 0 Å². The van der Waals surface area contributed by atoms with Crippen molar-refractivity contribution in [2.24, 2.45) is 11.7 Å². The number of amides is 2. The summed E-state index contributed by atoms with van der Waals surface area (Å²) in [6.07, 6.45) is 2.27. The number of hydrogen-bond donors (Lipinski definition) is 3. The Balaban J connectivity index is 1.90. The molecule has 1 aliphatic rings. The molecule has 1 saturated heterocycles. The van der Waals surface area contributed by atoms with Crippen LogP contribution in [0.4, 0.5) is 5.69 Å². The predicted molar refractivity (Wildman–Crippen MR) is 84.6 cm³/mol. The summed E-state index contributed by atoms with van der Waals surface area (Å²) < 4.78 is 5.30. The van der Waals surface area contributed by atoms with Gasteiger partial charge in [0.2, 0.25) is 5.91 Å². The zero-order chi connectivity index (χ0) is 15.8. The number of hydrogen-bond acceptors (Lipinski definition) is 4. The molecular weight excluding hydrogens is 282 g/mol. The van der Waals surface area contributed by atoms with Crippen molar-refractivity contribution in [1.82, 2.24) is 5.32 Å². The van der Waals surface area contributed by atoms with Crippen LogP contribution in [0.25, 0.3) is 0 Å². The molecule has 6 heteroatoms. The molecule has 1 aromatic carbocycles. The number of carbonyl (C=O) groups excluding carboxylic acids is 2. The zero-order valence-electron chi connectivity index (χ0n) is 12.6. The highest BCUT2D eigenvalue weighted by Crippen LogP contribution is 2.19. The fourth-order valence-electron chi connectivity index (χ4n) is 2.43. The lowest BCUT2D eigenvalue weighted by atomic mass is 10.0. The molecule has 1 heterocycles. The monoisotopic (exact) mass is 305 g/mol. The summed E-state index contributed by atoms with van der Waals surface area (Å²) in [6, 6.07) is 6.98. The maximum absolute atomic E-state index is 12.1. The quantitative estimate of drug-likeness (QED) is 0.704. The summed E-state index contributed by atoms with van der Waals surface area (Å²) in [4.78, 5) is 24.1. The molecule has 2 rings (SSSR count). The summed E-state index contributed by atoms with van der Waals surface area (Å²) >= 11 is 0. The normalized spacial score (nSPS) is 17.2. The lowest BCUT2D eigenvalue weighted by molar-refractivity contribution is -0.116. The van der Waals surface area contributed by atoms with Crippen LogP contribution in [0.2, 0.25) is 0 Å². The van der Waals surface area contributed by atoms with Gasteiger partial charge in [0.05, 0.1) is 11.3 Å². The molecule has 0 aliphatic carbocycles. The molecule has 2 amide bonds. The molecule has 0 bridgehead atoms. The van der Waals surface area contributed by atoms with Gasteiger partial charge in [-0.2, -0.15) is 0 Å². The van der Waals surface area contributed by atoms with Crippen molar-refractivity contribution in [3.05, 3.63) is 29.8 Å². The third-order valence-electron chi connectivity index (χ3n) is 3.68. The summed E-state index contributed by atoms with van der Waals surface area (Å²) in [7, 11) is 0. The van der Waals surface area contributed by atoms with Crippen LogP contribution in [0, 0.1) is 5.92 Å². The fraction of sp³-hybridized carbons (Fsp3) is 0.500. The highest BCUT2D eigenvalue weighted by molar-refractivity contribution is 6.03. The third-order valence-corrected chi connectivity index (χ3v) is 3.68. The second kappa shape index (κ2) is 8.51. The Bertz CT molecular complexity index is 513. The molecule has 22 heavy (non-hydrogen) atoms. The topological polar surface area (TPSA) is 93.5 Å². The first kappa shape index (κ1) is 16.5. The Labute approximate surface area is 130 Å². The summed E-state index contributed by atoms with van der Waals surface area (Å²) in [5.41, 5.74) is 6.36. The van der Waals surface area contributed by atoms with Gasteiger partial charge in [-0.15, -0.1) is 0 Å². The Kier molecular flexibility index (Phi) is 6.36. The number of nitrogens with one attached hydrogen (secondary N) is 2. The van der Waals surface area contributed by atoms with Gasteiger partial charge >= 0.3 is 0 Å². The summed E-state index contributed by atoms with van der Waals surface area (Å²) in [5, 5.41) is 5.53. The molecule has 0 saturated carbocycles. The van der Waals surface area contributed by atoms with Crippen molar-refractivity contribution in [2.75, 3.05) is 31.6 Å². The summed E-state index contributed by atoms with van der Waals surface area (Å²) in [6.45, 7) is 2.31. The molecule has 0 radical (unpaired) electrons. The van der Waals surface area contributed by atoms with Crippen molar-refractivity contribution in [3.63, 3.8) is 0 Å². The predicted octanol–water partition coefficient (Wildman–Crippen LogP) is 1.13. The van der Waals surface area contributed by atoms with Crippen LogP contribution in [0.15, 0.2) is 24.3 Å². The third kappa shape index (κ3) is 4.82.